The van der Waals surface area contributed by atoms with Crippen molar-refractivity contribution >= 4 is 22.5 Å². The molecular formula is C14H11ClN2O. The van der Waals surface area contributed by atoms with E-state index in [1.54, 1.807) is 6.20 Å². The van der Waals surface area contributed by atoms with Crippen LogP contribution in [0.4, 0.5) is 0 Å². The van der Waals surface area contributed by atoms with Crippen LogP contribution in [0.1, 0.15) is 18.1 Å². The fourth-order valence-electron chi connectivity index (χ4n) is 2.42. The fourth-order valence-corrected chi connectivity index (χ4v) is 2.63. The number of nitrogens with zero attached hydrogens (tertiary/aromatic N) is 2. The van der Waals surface area contributed by atoms with Crippen LogP contribution in [0, 0.1) is 17.2 Å². The van der Waals surface area contributed by atoms with E-state index in [4.69, 9.17) is 21.6 Å². The number of aromatic nitrogens is 1. The van der Waals surface area contributed by atoms with Gasteiger partial charge in [-0.1, -0.05) is 17.7 Å². The Morgan fingerprint density at radius 2 is 2.28 bits per heavy atom. The Balaban J connectivity index is 2.18. The van der Waals surface area contributed by atoms with Crippen LogP contribution in [-0.2, 0) is 4.74 Å². The molecule has 0 spiro atoms. The van der Waals surface area contributed by atoms with Gasteiger partial charge in [0.1, 0.15) is 6.10 Å². The predicted molar refractivity (Wildman–Crippen MR) is 69.2 cm³/mol. The predicted octanol–water partition coefficient (Wildman–Crippen LogP) is 3.49. The van der Waals surface area contributed by atoms with Gasteiger partial charge in [0, 0.05) is 28.8 Å². The van der Waals surface area contributed by atoms with Crippen molar-refractivity contribution in [2.75, 3.05) is 6.61 Å². The third-order valence-electron chi connectivity index (χ3n) is 3.31. The van der Waals surface area contributed by atoms with Gasteiger partial charge in [0.15, 0.2) is 0 Å². The normalized spacial score (nSPS) is 23.1. The lowest BCUT2D eigenvalue weighted by Gasteiger charge is -2.15. The van der Waals surface area contributed by atoms with Crippen molar-refractivity contribution in [2.24, 2.45) is 5.92 Å². The molecule has 2 aromatic rings. The molecule has 4 heteroatoms. The van der Waals surface area contributed by atoms with Gasteiger partial charge in [-0.15, -0.1) is 0 Å². The number of pyridine rings is 1. The summed E-state index contributed by atoms with van der Waals surface area (Å²) in [7, 11) is 0. The second-order valence-corrected chi connectivity index (χ2v) is 4.76. The molecule has 0 N–H and O–H groups in total. The van der Waals surface area contributed by atoms with Gasteiger partial charge < -0.3 is 4.74 Å². The number of fused-ring (bicyclic) bond motifs is 1. The van der Waals surface area contributed by atoms with Gasteiger partial charge in [-0.05, 0) is 24.6 Å². The van der Waals surface area contributed by atoms with Gasteiger partial charge >= 0.3 is 0 Å². The largest absolute Gasteiger partial charge is 0.372 e. The number of ether oxygens (including phenoxy) is 1. The second kappa shape index (κ2) is 4.56. The number of nitriles is 1. The first kappa shape index (κ1) is 11.5. The zero-order valence-electron chi connectivity index (χ0n) is 9.64. The molecule has 3 rings (SSSR count). The first-order valence-corrected chi connectivity index (χ1v) is 6.23. The molecule has 3 nitrogen and oxygen atoms in total. The minimum atomic E-state index is -0.190. The molecule has 1 aliphatic heterocycles. The average Bonchev–Trinajstić information content (AvgIpc) is 2.88. The minimum Gasteiger partial charge on any atom is -0.372 e. The first-order chi connectivity index (χ1) is 8.81. The quantitative estimate of drug-likeness (QED) is 0.787. The fraction of sp³-hybridized carbons (Fsp3) is 0.286. The molecular weight excluding hydrogens is 248 g/mol. The lowest BCUT2D eigenvalue weighted by atomic mass is 9.95. The highest BCUT2D eigenvalue weighted by molar-refractivity contribution is 6.35. The Kier molecular flexibility index (Phi) is 2.91. The molecule has 0 radical (unpaired) electrons. The molecule has 2 atom stereocenters. The van der Waals surface area contributed by atoms with Crippen molar-refractivity contribution in [1.82, 2.24) is 4.98 Å². The summed E-state index contributed by atoms with van der Waals surface area (Å²) in [5.74, 6) is -0.101. The van der Waals surface area contributed by atoms with Crippen molar-refractivity contribution in [1.29, 1.82) is 5.26 Å². The maximum Gasteiger partial charge on any atom is 0.100 e. The van der Waals surface area contributed by atoms with Crippen molar-refractivity contribution < 1.29 is 4.74 Å². The summed E-state index contributed by atoms with van der Waals surface area (Å²) in [6, 6.07) is 9.86. The Bertz CT molecular complexity index is 635. The van der Waals surface area contributed by atoms with Crippen LogP contribution in [0.25, 0.3) is 10.9 Å². The lowest BCUT2D eigenvalue weighted by Crippen LogP contribution is -2.06. The first-order valence-electron chi connectivity index (χ1n) is 5.85. The Morgan fingerprint density at radius 1 is 1.39 bits per heavy atom. The minimum absolute atomic E-state index is 0.101. The van der Waals surface area contributed by atoms with Crippen molar-refractivity contribution in [3.05, 3.63) is 41.0 Å². The monoisotopic (exact) mass is 258 g/mol. The highest BCUT2D eigenvalue weighted by Gasteiger charge is 2.31. The van der Waals surface area contributed by atoms with Gasteiger partial charge in [-0.25, -0.2) is 0 Å². The van der Waals surface area contributed by atoms with Crippen molar-refractivity contribution in [3.63, 3.8) is 0 Å². The Hall–Kier alpha value is -1.63. The van der Waals surface area contributed by atoms with E-state index < -0.39 is 0 Å². The number of rotatable bonds is 1. The molecule has 0 bridgehead atoms. The third-order valence-corrected chi connectivity index (χ3v) is 3.64. The topological polar surface area (TPSA) is 45.9 Å². The smallest absolute Gasteiger partial charge is 0.100 e. The van der Waals surface area contributed by atoms with Crippen LogP contribution in [0.3, 0.4) is 0 Å². The maximum absolute atomic E-state index is 9.15. The van der Waals surface area contributed by atoms with Gasteiger partial charge in [0.05, 0.1) is 17.5 Å². The Labute approximate surface area is 110 Å². The van der Waals surface area contributed by atoms with Crippen LogP contribution in [-0.4, -0.2) is 11.6 Å². The van der Waals surface area contributed by atoms with E-state index in [1.165, 1.54) is 0 Å². The SMILES string of the molecule is N#CC1CCOC1c1ccc(Cl)c2cccnc12. The molecule has 1 aromatic heterocycles. The van der Waals surface area contributed by atoms with Gasteiger partial charge in [0.2, 0.25) is 0 Å². The van der Waals surface area contributed by atoms with Crippen LogP contribution in [0.5, 0.6) is 0 Å². The molecule has 0 aliphatic carbocycles. The molecule has 1 aromatic carbocycles. The molecule has 0 amide bonds. The van der Waals surface area contributed by atoms with Gasteiger partial charge in [-0.3, -0.25) is 4.98 Å². The molecule has 2 heterocycles. The van der Waals surface area contributed by atoms with Gasteiger partial charge in [0.25, 0.3) is 0 Å². The van der Waals surface area contributed by atoms with Crippen molar-refractivity contribution in [3.8, 4) is 6.07 Å². The van der Waals surface area contributed by atoms with E-state index in [9.17, 15) is 0 Å². The van der Waals surface area contributed by atoms with Crippen LogP contribution in [0.2, 0.25) is 5.02 Å². The molecule has 0 saturated carbocycles. The second-order valence-electron chi connectivity index (χ2n) is 4.35. The average molecular weight is 259 g/mol. The van der Waals surface area contributed by atoms with Crippen LogP contribution in [0.15, 0.2) is 30.5 Å². The zero-order valence-corrected chi connectivity index (χ0v) is 10.4. The highest BCUT2D eigenvalue weighted by Crippen LogP contribution is 2.38. The van der Waals surface area contributed by atoms with E-state index in [-0.39, 0.29) is 12.0 Å². The summed E-state index contributed by atoms with van der Waals surface area (Å²) in [6.07, 6.45) is 2.32. The molecule has 1 aliphatic rings. The van der Waals surface area contributed by atoms with Crippen LogP contribution < -0.4 is 0 Å². The summed E-state index contributed by atoms with van der Waals surface area (Å²) in [5.41, 5.74) is 1.79. The lowest BCUT2D eigenvalue weighted by molar-refractivity contribution is 0.102. The van der Waals surface area contributed by atoms with E-state index >= 15 is 0 Å². The van der Waals surface area contributed by atoms with Gasteiger partial charge in [-0.2, -0.15) is 5.26 Å². The summed E-state index contributed by atoms with van der Waals surface area (Å²) < 4.78 is 5.68. The number of halogens is 1. The summed E-state index contributed by atoms with van der Waals surface area (Å²) in [4.78, 5) is 4.38. The highest BCUT2D eigenvalue weighted by atomic mass is 35.5. The van der Waals surface area contributed by atoms with E-state index in [1.807, 2.05) is 24.3 Å². The zero-order chi connectivity index (χ0) is 12.5. The van der Waals surface area contributed by atoms with Crippen LogP contribution >= 0.6 is 11.6 Å². The standard InChI is InChI=1S/C14H11ClN2O/c15-12-4-3-11(13-10(12)2-1-6-17-13)14-9(8-16)5-7-18-14/h1-4,6,9,14H,5,7H2. The van der Waals surface area contributed by atoms with E-state index in [0.717, 1.165) is 22.9 Å². The maximum atomic E-state index is 9.15. The molecule has 18 heavy (non-hydrogen) atoms. The van der Waals surface area contributed by atoms with Crippen molar-refractivity contribution in [2.45, 2.75) is 12.5 Å². The summed E-state index contributed by atoms with van der Waals surface area (Å²) in [5, 5.41) is 10.7. The third kappa shape index (κ3) is 1.74. The molecule has 1 fully saturated rings. The number of benzene rings is 1. The summed E-state index contributed by atoms with van der Waals surface area (Å²) >= 11 is 6.16. The van der Waals surface area contributed by atoms with E-state index in [0.29, 0.717) is 11.6 Å². The molecule has 90 valence electrons. The molecule has 1 saturated heterocycles. The molecule has 2 unspecified atom stereocenters. The summed E-state index contributed by atoms with van der Waals surface area (Å²) in [6.45, 7) is 0.625. The Morgan fingerprint density at radius 3 is 3.11 bits per heavy atom. The number of hydrogen-bond acceptors (Lipinski definition) is 3. The van der Waals surface area contributed by atoms with E-state index in [2.05, 4.69) is 11.1 Å². The number of hydrogen-bond donors (Lipinski definition) is 0.